The zero-order chi connectivity index (χ0) is 13.2. The predicted molar refractivity (Wildman–Crippen MR) is 47.2 cm³/mol. The lowest BCUT2D eigenvalue weighted by molar-refractivity contribution is -0.275. The van der Waals surface area contributed by atoms with Gasteiger partial charge in [-0.05, 0) is 6.92 Å². The zero-order valence-corrected chi connectivity index (χ0v) is 8.81. The van der Waals surface area contributed by atoms with E-state index in [0.29, 0.717) is 0 Å². The Bertz CT molecular complexity index is 405. The van der Waals surface area contributed by atoms with Gasteiger partial charge in [0.05, 0.1) is 7.11 Å². The largest absolute Gasteiger partial charge is 0.573 e. The molecule has 17 heavy (non-hydrogen) atoms. The maximum Gasteiger partial charge on any atom is 0.573 e. The summed E-state index contributed by atoms with van der Waals surface area (Å²) in [7, 11) is 1.03. The van der Waals surface area contributed by atoms with Gasteiger partial charge in [0.1, 0.15) is 11.3 Å². The molecule has 0 atom stereocenters. The first kappa shape index (κ1) is 13.5. The van der Waals surface area contributed by atoms with Crippen molar-refractivity contribution in [1.82, 2.24) is 4.98 Å². The summed E-state index contributed by atoms with van der Waals surface area (Å²) in [4.78, 5) is 3.46. The van der Waals surface area contributed by atoms with E-state index in [0.717, 1.165) is 13.3 Å². The third-order valence-corrected chi connectivity index (χ3v) is 1.84. The Morgan fingerprint density at radius 1 is 1.29 bits per heavy atom. The van der Waals surface area contributed by atoms with E-state index in [2.05, 4.69) is 14.5 Å². The normalized spacial score (nSPS) is 11.8. The Morgan fingerprint density at radius 3 is 2.29 bits per heavy atom. The zero-order valence-electron chi connectivity index (χ0n) is 8.81. The van der Waals surface area contributed by atoms with E-state index in [1.54, 1.807) is 0 Å². The van der Waals surface area contributed by atoms with E-state index in [9.17, 15) is 22.0 Å². The molecular formula is C9H8F5NO2. The molecule has 0 spiro atoms. The summed E-state index contributed by atoms with van der Waals surface area (Å²) in [6.07, 6.45) is -7.28. The fourth-order valence-corrected chi connectivity index (χ4v) is 1.20. The summed E-state index contributed by atoms with van der Waals surface area (Å²) in [5.74, 6) is -1.57. The number of hydrogen-bond donors (Lipinski definition) is 0. The molecule has 0 aliphatic rings. The summed E-state index contributed by atoms with van der Waals surface area (Å²) < 4.78 is 69.6. The van der Waals surface area contributed by atoms with E-state index in [-0.39, 0.29) is 5.56 Å². The number of halogens is 5. The smallest absolute Gasteiger partial charge is 0.481 e. The first-order valence-electron chi connectivity index (χ1n) is 4.33. The molecule has 0 N–H and O–H groups in total. The number of hydrogen-bond acceptors (Lipinski definition) is 3. The highest BCUT2D eigenvalue weighted by atomic mass is 19.4. The minimum absolute atomic E-state index is 0.154. The van der Waals surface area contributed by atoms with Crippen molar-refractivity contribution in [3.63, 3.8) is 0 Å². The van der Waals surface area contributed by atoms with Crippen LogP contribution in [0.4, 0.5) is 22.0 Å². The van der Waals surface area contributed by atoms with Crippen molar-refractivity contribution < 1.29 is 31.4 Å². The average Bonchev–Trinajstić information content (AvgIpc) is 2.18. The molecule has 8 heteroatoms. The number of aromatic nitrogens is 1. The van der Waals surface area contributed by atoms with Crippen molar-refractivity contribution in [2.75, 3.05) is 7.11 Å². The summed E-state index contributed by atoms with van der Waals surface area (Å²) in [5, 5.41) is 0. The number of alkyl halides is 5. The van der Waals surface area contributed by atoms with Crippen molar-refractivity contribution in [3.05, 3.63) is 17.3 Å². The second kappa shape index (κ2) is 4.72. The Hall–Kier alpha value is -1.60. The van der Waals surface area contributed by atoms with Crippen LogP contribution in [0, 0.1) is 6.92 Å². The summed E-state index contributed by atoms with van der Waals surface area (Å²) in [6.45, 7) is 1.18. The molecule has 0 fully saturated rings. The second-order valence-electron chi connectivity index (χ2n) is 3.04. The number of aryl methyl sites for hydroxylation is 1. The maximum absolute atomic E-state index is 12.7. The van der Waals surface area contributed by atoms with Gasteiger partial charge in [-0.3, -0.25) is 0 Å². The van der Waals surface area contributed by atoms with Gasteiger partial charge in [-0.1, -0.05) is 0 Å². The SMILES string of the molecule is COc1ncc(C)c(OC(F)(F)F)c1C(F)F. The van der Waals surface area contributed by atoms with Gasteiger partial charge in [0.2, 0.25) is 5.88 Å². The van der Waals surface area contributed by atoms with Crippen LogP contribution in [0.5, 0.6) is 11.6 Å². The Balaban J connectivity index is 3.34. The van der Waals surface area contributed by atoms with Crippen molar-refractivity contribution in [1.29, 1.82) is 0 Å². The molecule has 96 valence electrons. The third kappa shape index (κ3) is 3.18. The lowest BCUT2D eigenvalue weighted by Gasteiger charge is -2.16. The fourth-order valence-electron chi connectivity index (χ4n) is 1.20. The molecule has 1 heterocycles. The molecule has 1 rings (SSSR count). The van der Waals surface area contributed by atoms with Crippen LogP contribution >= 0.6 is 0 Å². The number of rotatable bonds is 3. The molecule has 1 aromatic rings. The topological polar surface area (TPSA) is 31.4 Å². The van der Waals surface area contributed by atoms with Gasteiger partial charge < -0.3 is 9.47 Å². The van der Waals surface area contributed by atoms with Gasteiger partial charge >= 0.3 is 6.36 Å². The molecule has 0 aliphatic carbocycles. The van der Waals surface area contributed by atoms with E-state index in [4.69, 9.17) is 0 Å². The van der Waals surface area contributed by atoms with Gasteiger partial charge in [0.15, 0.2) is 0 Å². The Labute approximate surface area is 93.2 Å². The highest BCUT2D eigenvalue weighted by molar-refractivity contribution is 5.46. The van der Waals surface area contributed by atoms with Crippen LogP contribution in [0.25, 0.3) is 0 Å². The number of nitrogens with zero attached hydrogens (tertiary/aromatic N) is 1. The lowest BCUT2D eigenvalue weighted by atomic mass is 10.2. The number of ether oxygens (including phenoxy) is 2. The van der Waals surface area contributed by atoms with Crippen LogP contribution in [0.1, 0.15) is 17.6 Å². The maximum atomic E-state index is 12.7. The minimum atomic E-state index is -5.05. The van der Waals surface area contributed by atoms with Gasteiger partial charge in [-0.25, -0.2) is 13.8 Å². The highest BCUT2D eigenvalue weighted by Gasteiger charge is 2.35. The number of methoxy groups -OCH3 is 1. The van der Waals surface area contributed by atoms with Gasteiger partial charge in [0.25, 0.3) is 6.43 Å². The highest BCUT2D eigenvalue weighted by Crippen LogP contribution is 2.39. The summed E-state index contributed by atoms with van der Waals surface area (Å²) in [6, 6.07) is 0. The van der Waals surface area contributed by atoms with Crippen LogP contribution in [0.2, 0.25) is 0 Å². The van der Waals surface area contributed by atoms with Crippen molar-refractivity contribution >= 4 is 0 Å². The average molecular weight is 257 g/mol. The molecular weight excluding hydrogens is 249 g/mol. The molecule has 0 amide bonds. The fraction of sp³-hybridized carbons (Fsp3) is 0.444. The minimum Gasteiger partial charge on any atom is -0.481 e. The van der Waals surface area contributed by atoms with Crippen LogP contribution in [0.15, 0.2) is 6.20 Å². The molecule has 0 radical (unpaired) electrons. The standard InChI is InChI=1S/C9H8F5NO2/c1-4-3-15-8(16-2)5(7(10)11)6(4)17-9(12,13)14/h3,7H,1-2H3. The Morgan fingerprint density at radius 2 is 1.88 bits per heavy atom. The van der Waals surface area contributed by atoms with Gasteiger partial charge in [0, 0.05) is 11.8 Å². The number of pyridine rings is 1. The van der Waals surface area contributed by atoms with Crippen LogP contribution < -0.4 is 9.47 Å². The van der Waals surface area contributed by atoms with Crippen molar-refractivity contribution in [3.8, 4) is 11.6 Å². The summed E-state index contributed by atoms with van der Waals surface area (Å²) >= 11 is 0. The van der Waals surface area contributed by atoms with E-state index < -0.39 is 30.0 Å². The lowest BCUT2D eigenvalue weighted by Crippen LogP contribution is -2.19. The molecule has 0 saturated heterocycles. The van der Waals surface area contributed by atoms with Crippen molar-refractivity contribution in [2.45, 2.75) is 19.7 Å². The van der Waals surface area contributed by atoms with Gasteiger partial charge in [-0.15, -0.1) is 13.2 Å². The molecule has 0 aromatic carbocycles. The molecule has 0 saturated carbocycles. The van der Waals surface area contributed by atoms with E-state index >= 15 is 0 Å². The molecule has 1 aromatic heterocycles. The first-order valence-corrected chi connectivity index (χ1v) is 4.33. The monoisotopic (exact) mass is 257 g/mol. The van der Waals surface area contributed by atoms with Gasteiger partial charge in [-0.2, -0.15) is 0 Å². The summed E-state index contributed by atoms with van der Waals surface area (Å²) in [5.41, 5.74) is -1.16. The molecule has 0 unspecified atom stereocenters. The van der Waals surface area contributed by atoms with Crippen LogP contribution in [0.3, 0.4) is 0 Å². The first-order chi connectivity index (χ1) is 7.76. The van der Waals surface area contributed by atoms with E-state index in [1.165, 1.54) is 6.92 Å². The quantitative estimate of drug-likeness (QED) is 0.779. The third-order valence-electron chi connectivity index (χ3n) is 1.84. The Kier molecular flexibility index (Phi) is 3.74. The molecule has 0 bridgehead atoms. The van der Waals surface area contributed by atoms with Crippen molar-refractivity contribution in [2.24, 2.45) is 0 Å². The van der Waals surface area contributed by atoms with E-state index in [1.807, 2.05) is 0 Å². The molecule has 3 nitrogen and oxygen atoms in total. The van der Waals surface area contributed by atoms with Crippen LogP contribution in [-0.4, -0.2) is 18.5 Å². The predicted octanol–water partition coefficient (Wildman–Crippen LogP) is 3.23. The second-order valence-corrected chi connectivity index (χ2v) is 3.04. The molecule has 0 aliphatic heterocycles. The van der Waals surface area contributed by atoms with Crippen LogP contribution in [-0.2, 0) is 0 Å².